The van der Waals surface area contributed by atoms with Crippen molar-refractivity contribution in [3.05, 3.63) is 0 Å². The third-order valence-electron chi connectivity index (χ3n) is 8.43. The van der Waals surface area contributed by atoms with Crippen molar-refractivity contribution in [1.82, 2.24) is 0 Å². The van der Waals surface area contributed by atoms with Crippen molar-refractivity contribution in [2.75, 3.05) is 0 Å². The van der Waals surface area contributed by atoms with Gasteiger partial charge in [0.1, 0.15) is 0 Å². The van der Waals surface area contributed by atoms with Crippen molar-refractivity contribution < 1.29 is 9.90 Å². The number of hydrogen-bond donors (Lipinski definition) is 1. The number of carboxylic acid groups (broad SMARTS) is 1. The first kappa shape index (κ1) is 20.2. The van der Waals surface area contributed by atoms with Gasteiger partial charge in [-0.15, -0.1) is 0 Å². The molecule has 1 N–H and O–H groups in total. The molecule has 0 aromatic rings. The van der Waals surface area contributed by atoms with Crippen molar-refractivity contribution in [1.29, 1.82) is 0 Å². The Bertz CT molecular complexity index is 430. The van der Waals surface area contributed by atoms with Crippen LogP contribution in [-0.2, 0) is 4.79 Å². The molecule has 3 aliphatic carbocycles. The molecule has 150 valence electrons. The zero-order chi connectivity index (χ0) is 18.4. The summed E-state index contributed by atoms with van der Waals surface area (Å²) in [6.45, 7) is 2.39. The summed E-state index contributed by atoms with van der Waals surface area (Å²) in [4.78, 5) is 10.5. The molecule has 2 unspecified atom stereocenters. The Balaban J connectivity index is 1.23. The Morgan fingerprint density at radius 2 is 1.15 bits per heavy atom. The first-order valence-corrected chi connectivity index (χ1v) is 11.9. The van der Waals surface area contributed by atoms with Crippen molar-refractivity contribution in [2.45, 2.75) is 110 Å². The molecule has 0 amide bonds. The summed E-state index contributed by atoms with van der Waals surface area (Å²) in [7, 11) is 0. The molecule has 0 aromatic carbocycles. The second kappa shape index (κ2) is 10.1. The maximum Gasteiger partial charge on any atom is 0.303 e. The second-order valence-electron chi connectivity index (χ2n) is 9.87. The summed E-state index contributed by atoms with van der Waals surface area (Å²) in [5, 5.41) is 8.66. The van der Waals surface area contributed by atoms with Gasteiger partial charge in [-0.1, -0.05) is 45.4 Å². The number of carbonyl (C=O) groups is 1. The number of carboxylic acids is 1. The van der Waals surface area contributed by atoms with Crippen LogP contribution in [0.1, 0.15) is 110 Å². The predicted molar refractivity (Wildman–Crippen MR) is 108 cm³/mol. The van der Waals surface area contributed by atoms with Crippen LogP contribution in [0.15, 0.2) is 0 Å². The van der Waals surface area contributed by atoms with Gasteiger partial charge in [-0.2, -0.15) is 0 Å². The molecule has 3 rings (SSSR count). The Morgan fingerprint density at radius 1 is 0.692 bits per heavy atom. The maximum absolute atomic E-state index is 10.5. The molecule has 3 saturated carbocycles. The second-order valence-corrected chi connectivity index (χ2v) is 9.87. The van der Waals surface area contributed by atoms with Gasteiger partial charge >= 0.3 is 5.97 Å². The summed E-state index contributed by atoms with van der Waals surface area (Å²) in [6.07, 6.45) is 21.3. The normalized spacial score (nSPS) is 36.0. The molecule has 6 atom stereocenters. The van der Waals surface area contributed by atoms with Crippen LogP contribution in [0.25, 0.3) is 0 Å². The fourth-order valence-electron chi connectivity index (χ4n) is 6.06. The molecule has 0 radical (unpaired) electrons. The lowest BCUT2D eigenvalue weighted by Gasteiger charge is -2.48. The molecule has 0 bridgehead atoms. The number of rotatable bonds is 13. The van der Waals surface area contributed by atoms with Crippen LogP contribution in [0.2, 0.25) is 0 Å². The van der Waals surface area contributed by atoms with Gasteiger partial charge in [-0.3, -0.25) is 4.79 Å². The Labute approximate surface area is 161 Å². The minimum Gasteiger partial charge on any atom is -0.481 e. The molecular weight excluding hydrogens is 320 g/mol. The van der Waals surface area contributed by atoms with Crippen LogP contribution in [0.5, 0.6) is 0 Å². The summed E-state index contributed by atoms with van der Waals surface area (Å²) >= 11 is 0. The lowest BCUT2D eigenvalue weighted by atomic mass is 9.58. The Morgan fingerprint density at radius 3 is 1.65 bits per heavy atom. The first-order chi connectivity index (χ1) is 12.7. The van der Waals surface area contributed by atoms with Gasteiger partial charge in [0.25, 0.3) is 0 Å². The van der Waals surface area contributed by atoms with Crippen LogP contribution >= 0.6 is 0 Å². The van der Waals surface area contributed by atoms with Crippen molar-refractivity contribution in [3.63, 3.8) is 0 Å². The molecular formula is C24H42O2. The average Bonchev–Trinajstić information content (AvgIpc) is 2.55. The van der Waals surface area contributed by atoms with E-state index in [2.05, 4.69) is 6.92 Å². The fourth-order valence-corrected chi connectivity index (χ4v) is 6.06. The quantitative estimate of drug-likeness (QED) is 0.356. The summed E-state index contributed by atoms with van der Waals surface area (Å²) < 4.78 is 0. The number of hydrogen-bond acceptors (Lipinski definition) is 1. The molecule has 0 aliphatic heterocycles. The summed E-state index contributed by atoms with van der Waals surface area (Å²) in [6, 6.07) is 0. The highest BCUT2D eigenvalue weighted by Gasteiger charge is 2.40. The van der Waals surface area contributed by atoms with Gasteiger partial charge < -0.3 is 5.11 Å². The van der Waals surface area contributed by atoms with Crippen LogP contribution in [0.3, 0.4) is 0 Å². The highest BCUT2D eigenvalue weighted by Crippen LogP contribution is 2.51. The molecule has 26 heavy (non-hydrogen) atoms. The predicted octanol–water partition coefficient (Wildman–Crippen LogP) is 7.07. The highest BCUT2D eigenvalue weighted by molar-refractivity contribution is 5.66. The van der Waals surface area contributed by atoms with E-state index >= 15 is 0 Å². The molecule has 3 aliphatic rings. The maximum atomic E-state index is 10.5. The third kappa shape index (κ3) is 5.49. The van der Waals surface area contributed by atoms with Gasteiger partial charge in [0.05, 0.1) is 0 Å². The van der Waals surface area contributed by atoms with E-state index < -0.39 is 5.97 Å². The third-order valence-corrected chi connectivity index (χ3v) is 8.43. The van der Waals surface area contributed by atoms with E-state index in [1.165, 1.54) is 70.6 Å². The monoisotopic (exact) mass is 362 g/mol. The molecule has 3 fully saturated rings. The first-order valence-electron chi connectivity index (χ1n) is 11.9. The lowest BCUT2D eigenvalue weighted by molar-refractivity contribution is -0.137. The molecule has 2 nitrogen and oxygen atoms in total. The summed E-state index contributed by atoms with van der Waals surface area (Å²) in [5.41, 5.74) is 0. The van der Waals surface area contributed by atoms with Crippen molar-refractivity contribution in [2.24, 2.45) is 35.5 Å². The smallest absolute Gasteiger partial charge is 0.303 e. The van der Waals surface area contributed by atoms with Crippen molar-refractivity contribution in [3.8, 4) is 0 Å². The van der Waals surface area contributed by atoms with Crippen LogP contribution in [0, 0.1) is 35.5 Å². The van der Waals surface area contributed by atoms with Crippen LogP contribution in [0.4, 0.5) is 0 Å². The van der Waals surface area contributed by atoms with Gasteiger partial charge in [0, 0.05) is 6.42 Å². The number of aliphatic carboxylic acids is 1. The van der Waals surface area contributed by atoms with E-state index in [1.54, 1.807) is 12.8 Å². The van der Waals surface area contributed by atoms with E-state index in [0.29, 0.717) is 6.42 Å². The SMILES string of the molecule is CC[C@@H]1CCC1C[C@@H]1CC[C@@H]1CC1CC[C@H]1CCCCCCCC(=O)O. The standard InChI is InChI=1S/C24H42O2/c1-2-18-10-12-20(18)16-22-14-15-23(22)17-21-13-11-19(21)8-6-4-3-5-7-9-24(25)26/h18-23H,2-17H2,1H3,(H,25,26)/t18-,19-,20?,21?,22+,23-/m1/s1. The molecule has 0 aromatic heterocycles. The molecule has 2 heteroatoms. The van der Waals surface area contributed by atoms with E-state index in [-0.39, 0.29) is 0 Å². The van der Waals surface area contributed by atoms with E-state index in [9.17, 15) is 4.79 Å². The molecule has 0 spiro atoms. The van der Waals surface area contributed by atoms with Gasteiger partial charge in [0.2, 0.25) is 0 Å². The Kier molecular flexibility index (Phi) is 7.88. The highest BCUT2D eigenvalue weighted by atomic mass is 16.4. The van der Waals surface area contributed by atoms with Gasteiger partial charge in [0.15, 0.2) is 0 Å². The van der Waals surface area contributed by atoms with Crippen molar-refractivity contribution >= 4 is 5.97 Å². The van der Waals surface area contributed by atoms with Crippen LogP contribution < -0.4 is 0 Å². The van der Waals surface area contributed by atoms with E-state index in [1.807, 2.05) is 0 Å². The zero-order valence-corrected chi connectivity index (χ0v) is 17.1. The fraction of sp³-hybridized carbons (Fsp3) is 0.958. The summed E-state index contributed by atoms with van der Waals surface area (Å²) in [5.74, 6) is 5.77. The van der Waals surface area contributed by atoms with Crippen LogP contribution in [-0.4, -0.2) is 11.1 Å². The van der Waals surface area contributed by atoms with E-state index in [4.69, 9.17) is 5.11 Å². The van der Waals surface area contributed by atoms with Gasteiger partial charge in [-0.05, 0) is 93.3 Å². The minimum absolute atomic E-state index is 0.354. The molecule has 0 saturated heterocycles. The number of unbranched alkanes of at least 4 members (excludes halogenated alkanes) is 4. The lowest BCUT2D eigenvalue weighted by Crippen LogP contribution is -2.37. The largest absolute Gasteiger partial charge is 0.481 e. The Hall–Kier alpha value is -0.530. The topological polar surface area (TPSA) is 37.3 Å². The molecule has 0 heterocycles. The van der Waals surface area contributed by atoms with Gasteiger partial charge in [-0.25, -0.2) is 0 Å². The minimum atomic E-state index is -0.640. The van der Waals surface area contributed by atoms with E-state index in [0.717, 1.165) is 48.3 Å². The zero-order valence-electron chi connectivity index (χ0n) is 17.1. The average molecular weight is 363 g/mol.